The number of nitrogens with zero attached hydrogens (tertiary/aromatic N) is 2. The highest BCUT2D eigenvalue weighted by molar-refractivity contribution is 6.26. The van der Waals surface area contributed by atoms with Crippen molar-refractivity contribution in [3.63, 3.8) is 0 Å². The number of hydrogen-bond acceptors (Lipinski definition) is 3. The highest BCUT2D eigenvalue weighted by Crippen LogP contribution is 2.49. The van der Waals surface area contributed by atoms with Crippen LogP contribution in [0.3, 0.4) is 0 Å². The molecule has 65 heavy (non-hydrogen) atoms. The maximum absolute atomic E-state index is 7.01. The van der Waals surface area contributed by atoms with Crippen LogP contribution in [0.5, 0.6) is 0 Å². The molecule has 3 aromatic heterocycles. The summed E-state index contributed by atoms with van der Waals surface area (Å²) in [5.41, 5.74) is 15.5. The molecule has 0 aliphatic heterocycles. The fraction of sp³-hybridized carbons (Fsp3) is 0. The first-order valence-corrected chi connectivity index (χ1v) is 22.1. The number of rotatable bonds is 6. The Morgan fingerprint density at radius 1 is 0.262 bits per heavy atom. The van der Waals surface area contributed by atoms with Crippen LogP contribution in [-0.2, 0) is 0 Å². The maximum Gasteiger partial charge on any atom is 0.143 e. The normalized spacial score (nSPS) is 11.7. The van der Waals surface area contributed by atoms with Gasteiger partial charge in [0.1, 0.15) is 11.2 Å². The van der Waals surface area contributed by atoms with Crippen LogP contribution in [0.25, 0.3) is 132 Å². The predicted octanol–water partition coefficient (Wildman–Crippen LogP) is 17.0. The molecule has 3 heteroatoms. The first-order chi connectivity index (χ1) is 32.3. The lowest BCUT2D eigenvalue weighted by atomic mass is 9.84. The van der Waals surface area contributed by atoms with E-state index >= 15 is 0 Å². The number of fused-ring (bicyclic) bond motifs is 7. The van der Waals surface area contributed by atoms with Gasteiger partial charge >= 0.3 is 0 Å². The number of furan rings is 1. The van der Waals surface area contributed by atoms with E-state index in [4.69, 9.17) is 4.42 Å². The summed E-state index contributed by atoms with van der Waals surface area (Å²) in [6.07, 6.45) is 7.53. The summed E-state index contributed by atoms with van der Waals surface area (Å²) in [5.74, 6) is 0. The summed E-state index contributed by atoms with van der Waals surface area (Å²) in [7, 11) is 0. The van der Waals surface area contributed by atoms with Gasteiger partial charge in [0, 0.05) is 57.8 Å². The Labute approximate surface area is 375 Å². The standard InChI is InChI=1S/C62H38N2O/c1-2-15-39(16-3-1)58-46-19-4-6-21-48(46)59(49-22-7-5-20-47(49)58)40-29-30-57-56(36-40)54-27-12-28-55(62(54)65-57)61-52-25-10-8-23-50(52)60(51-24-9-11-26-53(51)61)45-34-43(41-17-13-31-63-37-41)33-44(35-45)42-18-14-32-64-38-42/h1-38H. The maximum atomic E-state index is 7.01. The lowest BCUT2D eigenvalue weighted by molar-refractivity contribution is 0.670. The van der Waals surface area contributed by atoms with Gasteiger partial charge in [0.2, 0.25) is 0 Å². The van der Waals surface area contributed by atoms with Gasteiger partial charge in [-0.05, 0) is 130 Å². The molecule has 0 spiro atoms. The van der Waals surface area contributed by atoms with Crippen molar-refractivity contribution in [1.29, 1.82) is 0 Å². The van der Waals surface area contributed by atoms with E-state index in [1.165, 1.54) is 65.3 Å². The summed E-state index contributed by atoms with van der Waals surface area (Å²) in [6, 6.07) is 74.6. The minimum Gasteiger partial charge on any atom is -0.455 e. The SMILES string of the molecule is c1ccc(-c2c3ccccc3c(-c3ccc4oc5c(-c6c7ccccc7c(-c7cc(-c8cccnc8)cc(-c8cccnc8)c7)c7ccccc67)cccc5c4c3)c3ccccc23)cc1. The first-order valence-electron chi connectivity index (χ1n) is 22.1. The Morgan fingerprint density at radius 3 is 1.20 bits per heavy atom. The van der Waals surface area contributed by atoms with Crippen molar-refractivity contribution in [3.8, 4) is 66.8 Å². The Hall–Kier alpha value is -8.66. The van der Waals surface area contributed by atoms with Crippen molar-refractivity contribution in [2.24, 2.45) is 0 Å². The minimum absolute atomic E-state index is 0.867. The highest BCUT2D eigenvalue weighted by Gasteiger charge is 2.22. The minimum atomic E-state index is 0.867. The average Bonchev–Trinajstić information content (AvgIpc) is 3.76. The van der Waals surface area contributed by atoms with Gasteiger partial charge in [-0.2, -0.15) is 0 Å². The van der Waals surface area contributed by atoms with Gasteiger partial charge in [0.25, 0.3) is 0 Å². The molecule has 0 saturated heterocycles. The third kappa shape index (κ3) is 5.97. The lowest BCUT2D eigenvalue weighted by Crippen LogP contribution is -1.92. The number of hydrogen-bond donors (Lipinski definition) is 0. The third-order valence-corrected chi connectivity index (χ3v) is 13.2. The zero-order valence-electron chi connectivity index (χ0n) is 35.2. The smallest absolute Gasteiger partial charge is 0.143 e. The zero-order chi connectivity index (χ0) is 42.8. The van der Waals surface area contributed by atoms with Crippen LogP contribution in [-0.4, -0.2) is 9.97 Å². The molecule has 0 atom stereocenters. The largest absolute Gasteiger partial charge is 0.455 e. The number of pyridine rings is 2. The second-order valence-corrected chi connectivity index (χ2v) is 16.8. The van der Waals surface area contributed by atoms with E-state index in [1.807, 2.05) is 36.9 Å². The van der Waals surface area contributed by atoms with Crippen LogP contribution in [0.4, 0.5) is 0 Å². The van der Waals surface area contributed by atoms with Gasteiger partial charge in [-0.15, -0.1) is 0 Å². The van der Waals surface area contributed by atoms with E-state index < -0.39 is 0 Å². The lowest BCUT2D eigenvalue weighted by Gasteiger charge is -2.19. The molecule has 0 bridgehead atoms. The van der Waals surface area contributed by atoms with Gasteiger partial charge < -0.3 is 4.42 Å². The molecule has 0 aliphatic carbocycles. The van der Waals surface area contributed by atoms with Crippen LogP contribution in [0, 0.1) is 0 Å². The number of para-hydroxylation sites is 1. The molecule has 10 aromatic carbocycles. The van der Waals surface area contributed by atoms with E-state index in [1.54, 1.807) is 0 Å². The van der Waals surface area contributed by atoms with E-state index in [2.05, 4.69) is 204 Å². The Morgan fingerprint density at radius 2 is 0.692 bits per heavy atom. The van der Waals surface area contributed by atoms with Gasteiger partial charge in [0.05, 0.1) is 0 Å². The molecule has 13 rings (SSSR count). The van der Waals surface area contributed by atoms with E-state index in [9.17, 15) is 0 Å². The van der Waals surface area contributed by atoms with Gasteiger partial charge in [0.15, 0.2) is 0 Å². The summed E-state index contributed by atoms with van der Waals surface area (Å²) in [4.78, 5) is 8.98. The molecule has 0 saturated carbocycles. The van der Waals surface area contributed by atoms with E-state index in [0.717, 1.165) is 66.4 Å². The molecule has 0 N–H and O–H groups in total. The molecule has 0 amide bonds. The van der Waals surface area contributed by atoms with Crippen LogP contribution < -0.4 is 0 Å². The molecule has 302 valence electrons. The molecular weight excluding hydrogens is 789 g/mol. The fourth-order valence-corrected chi connectivity index (χ4v) is 10.4. The van der Waals surface area contributed by atoms with Crippen LogP contribution in [0.1, 0.15) is 0 Å². The monoisotopic (exact) mass is 826 g/mol. The zero-order valence-corrected chi connectivity index (χ0v) is 35.2. The quantitative estimate of drug-likeness (QED) is 0.157. The Kier molecular flexibility index (Phi) is 8.53. The first kappa shape index (κ1) is 36.9. The molecule has 0 unspecified atom stereocenters. The van der Waals surface area contributed by atoms with Gasteiger partial charge in [-0.3, -0.25) is 9.97 Å². The van der Waals surface area contributed by atoms with Gasteiger partial charge in [-0.1, -0.05) is 164 Å². The molecule has 3 nitrogen and oxygen atoms in total. The second kappa shape index (κ2) is 15.0. The van der Waals surface area contributed by atoms with Crippen molar-refractivity contribution >= 4 is 65.0 Å². The number of aromatic nitrogens is 2. The molecule has 0 radical (unpaired) electrons. The Bertz CT molecular complexity index is 3810. The van der Waals surface area contributed by atoms with Crippen LogP contribution in [0.2, 0.25) is 0 Å². The van der Waals surface area contributed by atoms with Gasteiger partial charge in [-0.25, -0.2) is 0 Å². The molecular formula is C62H38N2O. The highest BCUT2D eigenvalue weighted by atomic mass is 16.3. The molecule has 13 aromatic rings. The van der Waals surface area contributed by atoms with Crippen LogP contribution >= 0.6 is 0 Å². The summed E-state index contributed by atoms with van der Waals surface area (Å²) >= 11 is 0. The predicted molar refractivity (Wildman–Crippen MR) is 272 cm³/mol. The topological polar surface area (TPSA) is 38.9 Å². The van der Waals surface area contributed by atoms with Crippen molar-refractivity contribution in [2.75, 3.05) is 0 Å². The molecule has 0 aliphatic rings. The molecule has 0 fully saturated rings. The van der Waals surface area contributed by atoms with Crippen molar-refractivity contribution in [3.05, 3.63) is 231 Å². The van der Waals surface area contributed by atoms with E-state index in [-0.39, 0.29) is 0 Å². The van der Waals surface area contributed by atoms with E-state index in [0.29, 0.717) is 0 Å². The third-order valence-electron chi connectivity index (χ3n) is 13.2. The van der Waals surface area contributed by atoms with Crippen molar-refractivity contribution in [2.45, 2.75) is 0 Å². The average molecular weight is 827 g/mol. The van der Waals surface area contributed by atoms with Crippen LogP contribution in [0.15, 0.2) is 235 Å². The summed E-state index contributed by atoms with van der Waals surface area (Å²) < 4.78 is 7.01. The van der Waals surface area contributed by atoms with Crippen molar-refractivity contribution in [1.82, 2.24) is 9.97 Å². The number of benzene rings is 10. The fourth-order valence-electron chi connectivity index (χ4n) is 10.4. The summed E-state index contributed by atoms with van der Waals surface area (Å²) in [6.45, 7) is 0. The van der Waals surface area contributed by atoms with Crippen molar-refractivity contribution < 1.29 is 4.42 Å². The Balaban J connectivity index is 1.04. The second-order valence-electron chi connectivity index (χ2n) is 16.8. The molecule has 3 heterocycles. The summed E-state index contributed by atoms with van der Waals surface area (Å²) in [5, 5.41) is 11.8.